The summed E-state index contributed by atoms with van der Waals surface area (Å²) < 4.78 is 0.897. The lowest BCUT2D eigenvalue weighted by molar-refractivity contribution is 0.0699. The minimum absolute atomic E-state index is 0.230. The van der Waals surface area contributed by atoms with Gasteiger partial charge in [-0.25, -0.2) is 4.79 Å². The van der Waals surface area contributed by atoms with Gasteiger partial charge in [-0.1, -0.05) is 18.2 Å². The van der Waals surface area contributed by atoms with E-state index in [9.17, 15) is 4.79 Å². The smallest absolute Gasteiger partial charge is 0.346 e. The number of carboxylic acid groups (broad SMARTS) is 1. The van der Waals surface area contributed by atoms with Crippen LogP contribution in [0.15, 0.2) is 24.3 Å². The molecule has 0 spiro atoms. The van der Waals surface area contributed by atoms with Gasteiger partial charge in [-0.2, -0.15) is 0 Å². The van der Waals surface area contributed by atoms with Crippen LogP contribution in [0.4, 0.5) is 0 Å². The predicted octanol–water partition coefficient (Wildman–Crippen LogP) is 2.09. The molecule has 0 fully saturated rings. The number of hydrogen-bond acceptors (Lipinski definition) is 3. The van der Waals surface area contributed by atoms with Gasteiger partial charge in [0.25, 0.3) is 0 Å². The third-order valence-electron chi connectivity index (χ3n) is 2.05. The number of benzene rings is 1. The van der Waals surface area contributed by atoms with E-state index >= 15 is 0 Å². The van der Waals surface area contributed by atoms with Gasteiger partial charge in [0, 0.05) is 10.3 Å². The number of carbonyl (C=O) groups is 1. The molecule has 0 saturated carbocycles. The largest absolute Gasteiger partial charge is 0.477 e. The number of rotatable bonds is 2. The molecule has 0 saturated heterocycles. The second-order valence-corrected chi connectivity index (χ2v) is 3.92. The molecule has 0 atom stereocenters. The molecule has 2 aromatic rings. The highest BCUT2D eigenvalue weighted by Gasteiger charge is 2.15. The van der Waals surface area contributed by atoms with Crippen LogP contribution in [-0.4, -0.2) is 16.2 Å². The van der Waals surface area contributed by atoms with Gasteiger partial charge >= 0.3 is 5.97 Å². The van der Waals surface area contributed by atoms with Gasteiger partial charge < -0.3 is 10.2 Å². The standard InChI is InChI=1S/C10H8O3S/c11-5-7-6-3-1-2-4-8(6)14-9(7)10(12)13/h1-4,11H,5H2,(H,12,13). The molecule has 1 aromatic heterocycles. The molecule has 4 heteroatoms. The molecule has 72 valence electrons. The van der Waals surface area contributed by atoms with Gasteiger partial charge in [0.2, 0.25) is 0 Å². The lowest BCUT2D eigenvalue weighted by atomic mass is 10.1. The second-order valence-electron chi connectivity index (χ2n) is 2.87. The Labute approximate surface area is 84.2 Å². The zero-order valence-corrected chi connectivity index (χ0v) is 8.04. The zero-order valence-electron chi connectivity index (χ0n) is 7.23. The Balaban J connectivity index is 2.78. The molecule has 0 bridgehead atoms. The Hall–Kier alpha value is -1.39. The average molecular weight is 208 g/mol. The highest BCUT2D eigenvalue weighted by molar-refractivity contribution is 7.21. The number of fused-ring (bicyclic) bond motifs is 1. The molecule has 2 N–H and O–H groups in total. The van der Waals surface area contributed by atoms with Crippen LogP contribution >= 0.6 is 11.3 Å². The van der Waals surface area contributed by atoms with Gasteiger partial charge in [0.15, 0.2) is 0 Å². The summed E-state index contributed by atoms with van der Waals surface area (Å²) in [7, 11) is 0. The molecule has 0 aliphatic heterocycles. The van der Waals surface area contributed by atoms with Crippen molar-refractivity contribution in [3.05, 3.63) is 34.7 Å². The van der Waals surface area contributed by atoms with Crippen molar-refractivity contribution in [3.63, 3.8) is 0 Å². The van der Waals surface area contributed by atoms with Crippen LogP contribution in [0.2, 0.25) is 0 Å². The van der Waals surface area contributed by atoms with E-state index in [2.05, 4.69) is 0 Å². The fourth-order valence-electron chi connectivity index (χ4n) is 1.43. The van der Waals surface area contributed by atoms with Crippen molar-refractivity contribution in [2.24, 2.45) is 0 Å². The molecule has 1 heterocycles. The van der Waals surface area contributed by atoms with E-state index in [0.29, 0.717) is 5.56 Å². The highest BCUT2D eigenvalue weighted by atomic mass is 32.1. The Morgan fingerprint density at radius 3 is 2.71 bits per heavy atom. The number of carboxylic acids is 1. The van der Waals surface area contributed by atoms with Crippen molar-refractivity contribution >= 4 is 27.4 Å². The van der Waals surface area contributed by atoms with Gasteiger partial charge in [0.05, 0.1) is 6.61 Å². The summed E-state index contributed by atoms with van der Waals surface area (Å²) in [6, 6.07) is 7.36. The lowest BCUT2D eigenvalue weighted by Crippen LogP contribution is -1.97. The number of hydrogen-bond donors (Lipinski definition) is 2. The third kappa shape index (κ3) is 1.29. The van der Waals surface area contributed by atoms with Crippen molar-refractivity contribution in [2.75, 3.05) is 0 Å². The summed E-state index contributed by atoms with van der Waals surface area (Å²) in [5.74, 6) is -0.977. The number of aliphatic hydroxyl groups is 1. The first-order valence-electron chi connectivity index (χ1n) is 4.08. The van der Waals surface area contributed by atoms with Crippen LogP contribution in [0.25, 0.3) is 10.1 Å². The summed E-state index contributed by atoms with van der Waals surface area (Å²) in [6.07, 6.45) is 0. The molecule has 0 aliphatic rings. The first kappa shape index (κ1) is 9.18. The number of aliphatic hydroxyl groups excluding tert-OH is 1. The molecular weight excluding hydrogens is 200 g/mol. The van der Waals surface area contributed by atoms with Gasteiger partial charge in [0.1, 0.15) is 4.88 Å². The van der Waals surface area contributed by atoms with E-state index in [4.69, 9.17) is 10.2 Å². The second kappa shape index (κ2) is 3.40. The van der Waals surface area contributed by atoms with Crippen molar-refractivity contribution in [2.45, 2.75) is 6.61 Å². The molecule has 0 amide bonds. The van der Waals surface area contributed by atoms with E-state index in [-0.39, 0.29) is 11.5 Å². The van der Waals surface area contributed by atoms with Crippen LogP contribution in [0.5, 0.6) is 0 Å². The van der Waals surface area contributed by atoms with Crippen molar-refractivity contribution in [1.82, 2.24) is 0 Å². The predicted molar refractivity (Wildman–Crippen MR) is 54.7 cm³/mol. The summed E-state index contributed by atoms with van der Waals surface area (Å²) in [4.78, 5) is 11.1. The maximum absolute atomic E-state index is 10.8. The Bertz CT molecular complexity index is 487. The van der Waals surface area contributed by atoms with Crippen LogP contribution in [0, 0.1) is 0 Å². The fraction of sp³-hybridized carbons (Fsp3) is 0.100. The molecule has 0 aliphatic carbocycles. The molecule has 3 nitrogen and oxygen atoms in total. The molecule has 0 radical (unpaired) electrons. The van der Waals surface area contributed by atoms with Gasteiger partial charge in [-0.05, 0) is 11.5 Å². The topological polar surface area (TPSA) is 57.5 Å². The number of aromatic carboxylic acids is 1. The van der Waals surface area contributed by atoms with Crippen LogP contribution in [0.3, 0.4) is 0 Å². The van der Waals surface area contributed by atoms with Gasteiger partial charge in [-0.3, -0.25) is 0 Å². The molecule has 2 rings (SSSR count). The first-order valence-corrected chi connectivity index (χ1v) is 4.90. The molecule has 0 unspecified atom stereocenters. The summed E-state index contributed by atoms with van der Waals surface area (Å²) >= 11 is 1.20. The van der Waals surface area contributed by atoms with E-state index < -0.39 is 5.97 Å². The Kier molecular flexibility index (Phi) is 2.23. The molecular formula is C10H8O3S. The van der Waals surface area contributed by atoms with E-state index in [1.165, 1.54) is 11.3 Å². The highest BCUT2D eigenvalue weighted by Crippen LogP contribution is 2.31. The van der Waals surface area contributed by atoms with Crippen LogP contribution in [0.1, 0.15) is 15.2 Å². The number of thiophene rings is 1. The lowest BCUT2D eigenvalue weighted by Gasteiger charge is -1.94. The van der Waals surface area contributed by atoms with Crippen molar-refractivity contribution in [1.29, 1.82) is 0 Å². The minimum Gasteiger partial charge on any atom is -0.477 e. The SMILES string of the molecule is O=C(O)c1sc2ccccc2c1CO. The monoisotopic (exact) mass is 208 g/mol. The van der Waals surface area contributed by atoms with Crippen LogP contribution < -0.4 is 0 Å². The normalized spacial score (nSPS) is 10.6. The average Bonchev–Trinajstić information content (AvgIpc) is 2.56. The van der Waals surface area contributed by atoms with Gasteiger partial charge in [-0.15, -0.1) is 11.3 Å². The zero-order chi connectivity index (χ0) is 10.1. The fourth-order valence-corrected chi connectivity index (χ4v) is 2.48. The minimum atomic E-state index is -0.977. The Morgan fingerprint density at radius 2 is 2.07 bits per heavy atom. The molecule has 14 heavy (non-hydrogen) atoms. The summed E-state index contributed by atoms with van der Waals surface area (Å²) in [6.45, 7) is -0.231. The summed E-state index contributed by atoms with van der Waals surface area (Å²) in [5, 5.41) is 18.8. The maximum Gasteiger partial charge on any atom is 0.346 e. The maximum atomic E-state index is 10.8. The van der Waals surface area contributed by atoms with E-state index in [1.54, 1.807) is 0 Å². The van der Waals surface area contributed by atoms with Crippen molar-refractivity contribution in [3.8, 4) is 0 Å². The molecule has 1 aromatic carbocycles. The summed E-state index contributed by atoms with van der Waals surface area (Å²) in [5.41, 5.74) is 0.512. The van der Waals surface area contributed by atoms with E-state index in [1.807, 2.05) is 24.3 Å². The van der Waals surface area contributed by atoms with E-state index in [0.717, 1.165) is 10.1 Å². The first-order chi connectivity index (χ1) is 6.74. The van der Waals surface area contributed by atoms with Crippen molar-refractivity contribution < 1.29 is 15.0 Å². The quantitative estimate of drug-likeness (QED) is 0.794. The third-order valence-corrected chi connectivity index (χ3v) is 3.25. The Morgan fingerprint density at radius 1 is 1.36 bits per heavy atom. The van der Waals surface area contributed by atoms with Crippen LogP contribution in [-0.2, 0) is 6.61 Å².